The fourth-order valence-corrected chi connectivity index (χ4v) is 4.49. The molecule has 21 heavy (non-hydrogen) atoms. The molecular weight excluding hydrogens is 288 g/mol. The van der Waals surface area contributed by atoms with Crippen molar-refractivity contribution in [2.24, 2.45) is 0 Å². The summed E-state index contributed by atoms with van der Waals surface area (Å²) in [6.07, 6.45) is 5.20. The zero-order valence-corrected chi connectivity index (χ0v) is 12.9. The molecule has 1 saturated carbocycles. The van der Waals surface area contributed by atoms with Crippen LogP contribution in [0.5, 0.6) is 0 Å². The van der Waals surface area contributed by atoms with Gasteiger partial charge in [0.25, 0.3) is 0 Å². The van der Waals surface area contributed by atoms with E-state index in [0.29, 0.717) is 22.8 Å². The van der Waals surface area contributed by atoms with E-state index in [1.54, 1.807) is 30.5 Å². The van der Waals surface area contributed by atoms with Crippen LogP contribution in [0.15, 0.2) is 29.4 Å². The first-order valence-electron chi connectivity index (χ1n) is 6.92. The summed E-state index contributed by atoms with van der Waals surface area (Å²) < 4.78 is 27.5. The van der Waals surface area contributed by atoms with Crippen molar-refractivity contribution in [3.63, 3.8) is 0 Å². The maximum absolute atomic E-state index is 13.0. The van der Waals surface area contributed by atoms with Gasteiger partial charge in [-0.05, 0) is 44.4 Å². The Kier molecular flexibility index (Phi) is 3.54. The molecule has 0 unspecified atom stereocenters. The van der Waals surface area contributed by atoms with E-state index in [0.717, 1.165) is 18.4 Å². The molecule has 0 saturated heterocycles. The van der Waals surface area contributed by atoms with E-state index in [1.807, 2.05) is 12.1 Å². The van der Waals surface area contributed by atoms with Gasteiger partial charge in [0.15, 0.2) is 0 Å². The van der Waals surface area contributed by atoms with Gasteiger partial charge in [0.1, 0.15) is 4.90 Å². The van der Waals surface area contributed by atoms with Gasteiger partial charge in [-0.2, -0.15) is 9.40 Å². The molecule has 1 aliphatic rings. The number of nitrogens with one attached hydrogen (secondary N) is 1. The molecule has 0 aliphatic heterocycles. The van der Waals surface area contributed by atoms with Crippen LogP contribution >= 0.6 is 0 Å². The fourth-order valence-electron chi connectivity index (χ4n) is 2.48. The van der Waals surface area contributed by atoms with Crippen molar-refractivity contribution < 1.29 is 8.42 Å². The number of H-pyrrole nitrogens is 1. The maximum atomic E-state index is 13.0. The average molecular weight is 306 g/mol. The minimum atomic E-state index is -3.53. The van der Waals surface area contributed by atoms with E-state index in [4.69, 9.17) is 0 Å². The van der Waals surface area contributed by atoms with Crippen molar-refractivity contribution in [2.75, 3.05) is 0 Å². The summed E-state index contributed by atoms with van der Waals surface area (Å²) >= 11 is 0. The third kappa shape index (κ3) is 2.71. The molecule has 0 atom stereocenters. The predicted molar refractivity (Wildman–Crippen MR) is 78.0 cm³/mol. The van der Waals surface area contributed by atoms with Gasteiger partial charge < -0.3 is 0 Å². The summed E-state index contributed by atoms with van der Waals surface area (Å²) in [6, 6.07) is 3.79. The van der Waals surface area contributed by atoms with E-state index in [2.05, 4.69) is 15.2 Å². The van der Waals surface area contributed by atoms with Gasteiger partial charge in [0, 0.05) is 25.0 Å². The SMILES string of the molecule is Cc1n[nH]c(C)c1S(=O)(=O)N(Cc1ccncc1)C1CC1. The fraction of sp³-hybridized carbons (Fsp3) is 0.429. The highest BCUT2D eigenvalue weighted by Crippen LogP contribution is 2.34. The number of aryl methyl sites for hydroxylation is 2. The molecule has 1 N–H and O–H groups in total. The predicted octanol–water partition coefficient (Wildman–Crippen LogP) is 1.77. The summed E-state index contributed by atoms with van der Waals surface area (Å²) in [5, 5.41) is 6.77. The first-order chi connectivity index (χ1) is 10.00. The lowest BCUT2D eigenvalue weighted by atomic mass is 10.3. The number of hydrogen-bond donors (Lipinski definition) is 1. The second-order valence-electron chi connectivity index (χ2n) is 5.40. The van der Waals surface area contributed by atoms with Crippen LogP contribution < -0.4 is 0 Å². The number of nitrogens with zero attached hydrogens (tertiary/aromatic N) is 3. The zero-order chi connectivity index (χ0) is 15.0. The molecule has 7 heteroatoms. The number of hydrogen-bond acceptors (Lipinski definition) is 4. The number of aromatic amines is 1. The molecule has 1 fully saturated rings. The topological polar surface area (TPSA) is 79.0 Å². The molecule has 6 nitrogen and oxygen atoms in total. The van der Waals surface area contributed by atoms with Gasteiger partial charge in [-0.1, -0.05) is 0 Å². The maximum Gasteiger partial charge on any atom is 0.247 e. The molecular formula is C14H18N4O2S. The number of rotatable bonds is 5. The van der Waals surface area contributed by atoms with Gasteiger partial charge in [0.05, 0.1) is 11.4 Å². The molecule has 2 heterocycles. The van der Waals surface area contributed by atoms with Crippen LogP contribution in [0.25, 0.3) is 0 Å². The number of pyridine rings is 1. The molecule has 0 spiro atoms. The highest BCUT2D eigenvalue weighted by atomic mass is 32.2. The lowest BCUT2D eigenvalue weighted by molar-refractivity contribution is 0.398. The quantitative estimate of drug-likeness (QED) is 0.913. The van der Waals surface area contributed by atoms with Gasteiger partial charge in [0.2, 0.25) is 10.0 Å². The number of sulfonamides is 1. The first-order valence-corrected chi connectivity index (χ1v) is 8.36. The van der Waals surface area contributed by atoms with E-state index >= 15 is 0 Å². The Labute approximate surface area is 124 Å². The third-order valence-electron chi connectivity index (χ3n) is 3.67. The average Bonchev–Trinajstić information content (AvgIpc) is 3.22. The van der Waals surface area contributed by atoms with Gasteiger partial charge in [-0.25, -0.2) is 8.42 Å². The summed E-state index contributed by atoms with van der Waals surface area (Å²) in [5.74, 6) is 0. The summed E-state index contributed by atoms with van der Waals surface area (Å²) in [7, 11) is -3.53. The Morgan fingerprint density at radius 2 is 1.95 bits per heavy atom. The molecule has 0 aromatic carbocycles. The van der Waals surface area contributed by atoms with Crippen molar-refractivity contribution in [1.29, 1.82) is 0 Å². The molecule has 1 aliphatic carbocycles. The second-order valence-corrected chi connectivity index (χ2v) is 7.23. The van der Waals surface area contributed by atoms with E-state index < -0.39 is 10.0 Å². The number of aromatic nitrogens is 3. The van der Waals surface area contributed by atoms with Gasteiger partial charge in [-0.15, -0.1) is 0 Å². The molecule has 0 amide bonds. The largest absolute Gasteiger partial charge is 0.281 e. The highest BCUT2D eigenvalue weighted by molar-refractivity contribution is 7.89. The molecule has 0 bridgehead atoms. The van der Waals surface area contributed by atoms with Crippen molar-refractivity contribution in [2.45, 2.75) is 44.2 Å². The zero-order valence-electron chi connectivity index (χ0n) is 12.1. The molecule has 112 valence electrons. The van der Waals surface area contributed by atoms with Crippen LogP contribution in [0.3, 0.4) is 0 Å². The second kappa shape index (κ2) is 5.23. The van der Waals surface area contributed by atoms with Gasteiger partial charge in [-0.3, -0.25) is 10.1 Å². The van der Waals surface area contributed by atoms with Crippen LogP contribution in [0.1, 0.15) is 29.8 Å². The van der Waals surface area contributed by atoms with Crippen molar-refractivity contribution in [1.82, 2.24) is 19.5 Å². The Morgan fingerprint density at radius 1 is 1.29 bits per heavy atom. The van der Waals surface area contributed by atoms with E-state index in [9.17, 15) is 8.42 Å². The third-order valence-corrected chi connectivity index (χ3v) is 5.83. The standard InChI is InChI=1S/C14H18N4O2S/c1-10-14(11(2)17-16-10)21(19,20)18(13-3-4-13)9-12-5-7-15-8-6-12/h5-8,13H,3-4,9H2,1-2H3,(H,16,17). The Morgan fingerprint density at radius 3 is 2.48 bits per heavy atom. The Bertz CT molecular complexity index is 716. The van der Waals surface area contributed by atoms with Crippen LogP contribution in [0.4, 0.5) is 0 Å². The van der Waals surface area contributed by atoms with Gasteiger partial charge >= 0.3 is 0 Å². The van der Waals surface area contributed by atoms with E-state index in [1.165, 1.54) is 0 Å². The molecule has 3 rings (SSSR count). The van der Waals surface area contributed by atoms with Crippen LogP contribution in [0.2, 0.25) is 0 Å². The van der Waals surface area contributed by atoms with Crippen molar-refractivity contribution in [3.05, 3.63) is 41.5 Å². The monoisotopic (exact) mass is 306 g/mol. The summed E-state index contributed by atoms with van der Waals surface area (Å²) in [6.45, 7) is 3.83. The lowest BCUT2D eigenvalue weighted by Gasteiger charge is -2.22. The minimum absolute atomic E-state index is 0.0943. The first kappa shape index (κ1) is 14.2. The van der Waals surface area contributed by atoms with Crippen molar-refractivity contribution in [3.8, 4) is 0 Å². The molecule has 2 aromatic rings. The minimum Gasteiger partial charge on any atom is -0.281 e. The van der Waals surface area contributed by atoms with Crippen LogP contribution in [0, 0.1) is 13.8 Å². The molecule has 0 radical (unpaired) electrons. The lowest BCUT2D eigenvalue weighted by Crippen LogP contribution is -2.33. The normalized spacial score (nSPS) is 15.6. The highest BCUT2D eigenvalue weighted by Gasteiger charge is 2.40. The van der Waals surface area contributed by atoms with Crippen LogP contribution in [-0.4, -0.2) is 33.9 Å². The Balaban J connectivity index is 1.97. The Hall–Kier alpha value is -1.73. The van der Waals surface area contributed by atoms with Crippen LogP contribution in [-0.2, 0) is 16.6 Å². The smallest absolute Gasteiger partial charge is 0.247 e. The summed E-state index contributed by atoms with van der Waals surface area (Å²) in [5.41, 5.74) is 2.06. The van der Waals surface area contributed by atoms with Crippen molar-refractivity contribution >= 4 is 10.0 Å². The molecule has 2 aromatic heterocycles. The summed E-state index contributed by atoms with van der Waals surface area (Å²) in [4.78, 5) is 4.28. The van der Waals surface area contributed by atoms with E-state index in [-0.39, 0.29) is 6.04 Å².